The Morgan fingerprint density at radius 3 is 2.85 bits per heavy atom. The molecule has 0 aliphatic rings. The Morgan fingerprint density at radius 1 is 1.69 bits per heavy atom. The molecule has 3 N–H and O–H groups in total. The molecule has 1 aromatic rings. The lowest BCUT2D eigenvalue weighted by Gasteiger charge is -2.07. The summed E-state index contributed by atoms with van der Waals surface area (Å²) < 4.78 is 0. The molecule has 1 amide bonds. The third-order valence-corrected chi connectivity index (χ3v) is 2.14. The number of amides is 1. The van der Waals surface area contributed by atoms with E-state index >= 15 is 0 Å². The highest BCUT2D eigenvalue weighted by molar-refractivity contribution is 7.99. The predicted molar refractivity (Wildman–Crippen MR) is 50.2 cm³/mol. The van der Waals surface area contributed by atoms with Crippen molar-refractivity contribution < 1.29 is 4.79 Å². The lowest BCUT2D eigenvalue weighted by Crippen LogP contribution is -2.23. The van der Waals surface area contributed by atoms with Crippen molar-refractivity contribution in [3.63, 3.8) is 0 Å². The van der Waals surface area contributed by atoms with Crippen LogP contribution >= 0.6 is 11.8 Å². The van der Waals surface area contributed by atoms with Gasteiger partial charge in [-0.3, -0.25) is 4.79 Å². The van der Waals surface area contributed by atoms with Crippen LogP contribution in [0.4, 0.5) is 5.95 Å². The van der Waals surface area contributed by atoms with E-state index in [0.29, 0.717) is 10.9 Å². The highest BCUT2D eigenvalue weighted by atomic mass is 32.2. The summed E-state index contributed by atoms with van der Waals surface area (Å²) in [6.45, 7) is 0. The van der Waals surface area contributed by atoms with Crippen LogP contribution in [0.1, 0.15) is 0 Å². The molecule has 0 aliphatic carbocycles. The van der Waals surface area contributed by atoms with Gasteiger partial charge < -0.3 is 10.6 Å². The number of aromatic nitrogens is 3. The number of nitrogens with one attached hydrogen (secondary N) is 1. The van der Waals surface area contributed by atoms with E-state index in [1.165, 1.54) is 16.7 Å². The van der Waals surface area contributed by atoms with Gasteiger partial charge in [0.1, 0.15) is 0 Å². The minimum atomic E-state index is 0.0216. The van der Waals surface area contributed by atoms with E-state index < -0.39 is 0 Å². The van der Waals surface area contributed by atoms with Gasteiger partial charge in [0, 0.05) is 14.1 Å². The molecule has 7 heteroatoms. The molecular weight excluding hydrogens is 190 g/mol. The molecule has 1 aromatic heterocycles. The minimum Gasteiger partial charge on any atom is -0.368 e. The van der Waals surface area contributed by atoms with Crippen LogP contribution in [0.2, 0.25) is 0 Å². The van der Waals surface area contributed by atoms with Crippen LogP contribution in [-0.2, 0) is 4.79 Å². The van der Waals surface area contributed by atoms with Crippen molar-refractivity contribution in [1.82, 2.24) is 20.1 Å². The van der Waals surface area contributed by atoms with Crippen molar-refractivity contribution in [2.45, 2.75) is 5.16 Å². The summed E-state index contributed by atoms with van der Waals surface area (Å²) in [7, 11) is 3.41. The molecule has 0 spiro atoms. The van der Waals surface area contributed by atoms with Gasteiger partial charge in [-0.2, -0.15) is 4.98 Å². The Balaban J connectivity index is 2.39. The van der Waals surface area contributed by atoms with Crippen molar-refractivity contribution in [1.29, 1.82) is 0 Å². The molecule has 13 heavy (non-hydrogen) atoms. The number of rotatable bonds is 3. The van der Waals surface area contributed by atoms with E-state index in [0.717, 1.165) is 0 Å². The molecule has 0 bridgehead atoms. The fourth-order valence-electron chi connectivity index (χ4n) is 0.578. The number of nitrogen functional groups attached to an aromatic ring is 1. The zero-order valence-electron chi connectivity index (χ0n) is 7.44. The van der Waals surface area contributed by atoms with Crippen molar-refractivity contribution in [2.75, 3.05) is 25.6 Å². The first-order valence-corrected chi connectivity index (χ1v) is 4.59. The Kier molecular flexibility index (Phi) is 3.13. The summed E-state index contributed by atoms with van der Waals surface area (Å²) in [5, 5.41) is 6.76. The number of carbonyl (C=O) groups excluding carboxylic acids is 1. The predicted octanol–water partition coefficient (Wildman–Crippen LogP) is -0.433. The van der Waals surface area contributed by atoms with Crippen LogP contribution in [0.15, 0.2) is 5.16 Å². The van der Waals surface area contributed by atoms with Crippen LogP contribution in [-0.4, -0.2) is 45.8 Å². The van der Waals surface area contributed by atoms with Crippen molar-refractivity contribution in [2.24, 2.45) is 0 Å². The summed E-state index contributed by atoms with van der Waals surface area (Å²) in [4.78, 5) is 16.5. The maximum Gasteiger partial charge on any atom is 0.232 e. The van der Waals surface area contributed by atoms with Gasteiger partial charge in [-0.1, -0.05) is 11.8 Å². The SMILES string of the molecule is CN(C)C(=O)CSc1n[nH]c(N)n1. The summed E-state index contributed by atoms with van der Waals surface area (Å²) in [6, 6.07) is 0. The molecule has 1 heterocycles. The second-order valence-corrected chi connectivity index (χ2v) is 3.52. The first kappa shape index (κ1) is 9.85. The molecule has 0 radical (unpaired) electrons. The molecule has 0 unspecified atom stereocenters. The summed E-state index contributed by atoms with van der Waals surface area (Å²) in [5.41, 5.74) is 5.31. The van der Waals surface area contributed by atoms with Crippen molar-refractivity contribution in [3.05, 3.63) is 0 Å². The average molecular weight is 201 g/mol. The first-order chi connectivity index (χ1) is 6.09. The van der Waals surface area contributed by atoms with Crippen LogP contribution in [0.25, 0.3) is 0 Å². The second kappa shape index (κ2) is 4.13. The Labute approximate surface area is 79.9 Å². The number of hydrogen-bond acceptors (Lipinski definition) is 5. The summed E-state index contributed by atoms with van der Waals surface area (Å²) >= 11 is 1.25. The summed E-state index contributed by atoms with van der Waals surface area (Å²) in [5.74, 6) is 0.609. The number of anilines is 1. The molecule has 0 fully saturated rings. The maximum atomic E-state index is 11.1. The molecule has 6 nitrogen and oxygen atoms in total. The van der Waals surface area contributed by atoms with Gasteiger partial charge in [-0.05, 0) is 0 Å². The van der Waals surface area contributed by atoms with E-state index in [2.05, 4.69) is 15.2 Å². The summed E-state index contributed by atoms with van der Waals surface area (Å²) in [6.07, 6.45) is 0. The third kappa shape index (κ3) is 2.94. The van der Waals surface area contributed by atoms with Gasteiger partial charge in [0.25, 0.3) is 0 Å². The standard InChI is InChI=1S/C6H11N5OS/c1-11(2)4(12)3-13-6-8-5(7)9-10-6/h3H2,1-2H3,(H3,7,8,9,10). The molecule has 0 saturated heterocycles. The van der Waals surface area contributed by atoms with Gasteiger partial charge in [0.05, 0.1) is 5.75 Å². The van der Waals surface area contributed by atoms with Gasteiger partial charge in [0.2, 0.25) is 17.0 Å². The van der Waals surface area contributed by atoms with Crippen molar-refractivity contribution >= 4 is 23.6 Å². The first-order valence-electron chi connectivity index (χ1n) is 3.60. The number of thioether (sulfide) groups is 1. The minimum absolute atomic E-state index is 0.0216. The molecule has 1 rings (SSSR count). The smallest absolute Gasteiger partial charge is 0.232 e. The number of nitrogens with two attached hydrogens (primary N) is 1. The number of hydrogen-bond donors (Lipinski definition) is 2. The molecule has 0 aliphatic heterocycles. The van der Waals surface area contributed by atoms with Gasteiger partial charge >= 0.3 is 0 Å². The van der Waals surface area contributed by atoms with E-state index in [9.17, 15) is 4.79 Å². The Morgan fingerprint density at radius 2 is 2.38 bits per heavy atom. The van der Waals surface area contributed by atoms with Crippen LogP contribution < -0.4 is 5.73 Å². The normalized spacial score (nSPS) is 10.0. The monoisotopic (exact) mass is 201 g/mol. The van der Waals surface area contributed by atoms with Crippen LogP contribution in [0, 0.1) is 0 Å². The quantitative estimate of drug-likeness (QED) is 0.648. The zero-order valence-corrected chi connectivity index (χ0v) is 8.26. The topological polar surface area (TPSA) is 87.9 Å². The fourth-order valence-corrected chi connectivity index (χ4v) is 1.36. The van der Waals surface area contributed by atoms with E-state index in [4.69, 9.17) is 5.73 Å². The lowest BCUT2D eigenvalue weighted by molar-refractivity contribution is -0.125. The average Bonchev–Trinajstić information content (AvgIpc) is 2.47. The van der Waals surface area contributed by atoms with Gasteiger partial charge in [-0.25, -0.2) is 5.10 Å². The highest BCUT2D eigenvalue weighted by Gasteiger charge is 2.07. The fraction of sp³-hybridized carbons (Fsp3) is 0.500. The lowest BCUT2D eigenvalue weighted by atomic mass is 10.6. The van der Waals surface area contributed by atoms with Gasteiger partial charge in [-0.15, -0.1) is 5.10 Å². The van der Waals surface area contributed by atoms with E-state index in [1.54, 1.807) is 14.1 Å². The second-order valence-electron chi connectivity index (χ2n) is 2.58. The number of carbonyl (C=O) groups is 1. The number of H-pyrrole nitrogens is 1. The maximum absolute atomic E-state index is 11.1. The van der Waals surface area contributed by atoms with Crippen LogP contribution in [0.5, 0.6) is 0 Å². The molecule has 0 atom stereocenters. The zero-order chi connectivity index (χ0) is 9.84. The molecular formula is C6H11N5OS. The van der Waals surface area contributed by atoms with E-state index in [-0.39, 0.29) is 11.9 Å². The molecule has 0 aromatic carbocycles. The molecule has 0 saturated carbocycles. The third-order valence-electron chi connectivity index (χ3n) is 1.31. The van der Waals surface area contributed by atoms with Crippen molar-refractivity contribution in [3.8, 4) is 0 Å². The Bertz CT molecular complexity index is 297. The van der Waals surface area contributed by atoms with Gasteiger partial charge in [0.15, 0.2) is 0 Å². The highest BCUT2D eigenvalue weighted by Crippen LogP contribution is 2.12. The van der Waals surface area contributed by atoms with Crippen LogP contribution in [0.3, 0.4) is 0 Å². The largest absolute Gasteiger partial charge is 0.368 e. The molecule has 72 valence electrons. The number of aromatic amines is 1. The number of nitrogens with zero attached hydrogens (tertiary/aromatic N) is 3. The van der Waals surface area contributed by atoms with E-state index in [1.807, 2.05) is 0 Å². The Hall–Kier alpha value is -1.24.